The minimum Gasteiger partial charge on any atom is -0.480 e. The number of hydrogen-bond acceptors (Lipinski definition) is 8. The molecule has 0 radical (unpaired) electrons. The Hall–Kier alpha value is -4.51. The third-order valence-corrected chi connectivity index (χ3v) is 6.61. The van der Waals surface area contributed by atoms with E-state index >= 15 is 0 Å². The molecule has 1 N–H and O–H groups in total. The van der Waals surface area contributed by atoms with Gasteiger partial charge in [0.05, 0.1) is 31.2 Å². The lowest BCUT2D eigenvalue weighted by Crippen LogP contribution is -2.29. The van der Waals surface area contributed by atoms with Crippen LogP contribution in [0.5, 0.6) is 11.9 Å². The molecule has 1 aliphatic heterocycles. The molecule has 1 aromatic carbocycles. The van der Waals surface area contributed by atoms with E-state index in [2.05, 4.69) is 30.1 Å². The van der Waals surface area contributed by atoms with E-state index in [0.29, 0.717) is 33.5 Å². The maximum absolute atomic E-state index is 13.9. The predicted octanol–water partition coefficient (Wildman–Crippen LogP) is 3.95. The SMILES string of the molecule is COc1ncc(-c2nc3c([nH]2)C(c2ccc(Cl)cc2)N(c2cc(C)c4nnc(C)n4c2)C3=O)c(OC)n1. The highest BCUT2D eigenvalue weighted by Crippen LogP contribution is 2.42. The Kier molecular flexibility index (Phi) is 5.30. The highest BCUT2D eigenvalue weighted by molar-refractivity contribution is 6.30. The van der Waals surface area contributed by atoms with Gasteiger partial charge >= 0.3 is 6.01 Å². The first kappa shape index (κ1) is 22.9. The lowest BCUT2D eigenvalue weighted by molar-refractivity contribution is 0.0989. The van der Waals surface area contributed by atoms with Crippen LogP contribution in [0.25, 0.3) is 17.0 Å². The molecular formula is C25H21ClN8O3. The van der Waals surface area contributed by atoms with Crippen LogP contribution in [0.2, 0.25) is 5.02 Å². The number of amides is 1. The monoisotopic (exact) mass is 516 g/mol. The van der Waals surface area contributed by atoms with Crippen molar-refractivity contribution >= 4 is 28.8 Å². The molecule has 1 atom stereocenters. The molecule has 0 spiro atoms. The van der Waals surface area contributed by atoms with Gasteiger partial charge < -0.3 is 14.5 Å². The molecule has 5 aromatic rings. The summed E-state index contributed by atoms with van der Waals surface area (Å²) in [6.07, 6.45) is 3.41. The van der Waals surface area contributed by atoms with E-state index in [1.807, 2.05) is 42.6 Å². The Bertz CT molecular complexity index is 1680. The molecular weight excluding hydrogens is 496 g/mol. The minimum absolute atomic E-state index is 0.163. The van der Waals surface area contributed by atoms with Gasteiger partial charge in [-0.15, -0.1) is 10.2 Å². The summed E-state index contributed by atoms with van der Waals surface area (Å²) < 4.78 is 12.4. The van der Waals surface area contributed by atoms with Crippen molar-refractivity contribution in [1.82, 2.24) is 34.5 Å². The summed E-state index contributed by atoms with van der Waals surface area (Å²) in [4.78, 5) is 32.0. The zero-order chi connectivity index (χ0) is 25.8. The number of aromatic amines is 1. The van der Waals surface area contributed by atoms with Crippen LogP contribution in [0.15, 0.2) is 42.7 Å². The highest BCUT2D eigenvalue weighted by atomic mass is 35.5. The number of carbonyl (C=O) groups is 1. The summed E-state index contributed by atoms with van der Waals surface area (Å²) in [6.45, 7) is 3.81. The van der Waals surface area contributed by atoms with Gasteiger partial charge in [-0.25, -0.2) is 9.97 Å². The van der Waals surface area contributed by atoms with Gasteiger partial charge in [0.25, 0.3) is 5.91 Å². The number of benzene rings is 1. The van der Waals surface area contributed by atoms with Crippen molar-refractivity contribution < 1.29 is 14.3 Å². The van der Waals surface area contributed by atoms with Gasteiger partial charge in [0.2, 0.25) is 5.88 Å². The fraction of sp³-hybridized carbons (Fsp3) is 0.200. The molecule has 1 aliphatic rings. The minimum atomic E-state index is -0.486. The Morgan fingerprint density at radius 1 is 1.05 bits per heavy atom. The smallest absolute Gasteiger partial charge is 0.319 e. The molecule has 1 amide bonds. The molecule has 186 valence electrons. The first-order valence-corrected chi connectivity index (χ1v) is 11.7. The molecule has 0 bridgehead atoms. The van der Waals surface area contributed by atoms with Crippen LogP contribution in [0.4, 0.5) is 5.69 Å². The standard InChI is InChI=1S/C25H21ClN8O3/c1-12-9-16(11-33-13(2)31-32-22(12)33)34-20(14-5-7-15(26)8-6-14)18-19(24(34)35)29-21(28-18)17-10-27-25(37-4)30-23(17)36-3/h5-11,20H,1-4H3,(H,28,29). The predicted molar refractivity (Wildman–Crippen MR) is 135 cm³/mol. The summed E-state index contributed by atoms with van der Waals surface area (Å²) in [6, 6.07) is 9.00. The Labute approximate surface area is 216 Å². The zero-order valence-electron chi connectivity index (χ0n) is 20.4. The molecule has 0 saturated heterocycles. The second kappa shape index (κ2) is 8.56. The van der Waals surface area contributed by atoms with E-state index in [9.17, 15) is 4.79 Å². The third-order valence-electron chi connectivity index (χ3n) is 6.36. The van der Waals surface area contributed by atoms with Crippen molar-refractivity contribution in [1.29, 1.82) is 0 Å². The van der Waals surface area contributed by atoms with Gasteiger partial charge in [0, 0.05) is 17.4 Å². The molecule has 11 nitrogen and oxygen atoms in total. The molecule has 0 saturated carbocycles. The average Bonchev–Trinajstić information content (AvgIpc) is 3.58. The number of hydrogen-bond donors (Lipinski definition) is 1. The van der Waals surface area contributed by atoms with Crippen molar-refractivity contribution in [2.24, 2.45) is 0 Å². The number of imidazole rings is 1. The van der Waals surface area contributed by atoms with Crippen LogP contribution < -0.4 is 14.4 Å². The summed E-state index contributed by atoms with van der Waals surface area (Å²) in [5.74, 6) is 1.16. The third kappa shape index (κ3) is 3.58. The number of H-pyrrole nitrogens is 1. The second-order valence-corrected chi connectivity index (χ2v) is 9.02. The van der Waals surface area contributed by atoms with Gasteiger partial charge in [-0.1, -0.05) is 23.7 Å². The fourth-order valence-electron chi connectivity index (χ4n) is 4.61. The van der Waals surface area contributed by atoms with Crippen LogP contribution in [0, 0.1) is 13.8 Å². The molecule has 12 heteroatoms. The van der Waals surface area contributed by atoms with Crippen LogP contribution in [0.3, 0.4) is 0 Å². The number of ether oxygens (including phenoxy) is 2. The quantitative estimate of drug-likeness (QED) is 0.372. The number of nitrogens with zero attached hydrogens (tertiary/aromatic N) is 7. The van der Waals surface area contributed by atoms with E-state index in [1.165, 1.54) is 14.2 Å². The van der Waals surface area contributed by atoms with Gasteiger partial charge in [-0.3, -0.25) is 14.1 Å². The lowest BCUT2D eigenvalue weighted by atomic mass is 10.0. The molecule has 4 aromatic heterocycles. The van der Waals surface area contributed by atoms with E-state index in [0.717, 1.165) is 22.6 Å². The number of fused-ring (bicyclic) bond motifs is 2. The maximum atomic E-state index is 13.9. The maximum Gasteiger partial charge on any atom is 0.319 e. The number of halogens is 1. The normalized spacial score (nSPS) is 14.9. The number of pyridine rings is 1. The highest BCUT2D eigenvalue weighted by Gasteiger charge is 2.43. The first-order valence-electron chi connectivity index (χ1n) is 11.4. The molecule has 37 heavy (non-hydrogen) atoms. The van der Waals surface area contributed by atoms with Gasteiger partial charge in [0.15, 0.2) is 11.3 Å². The van der Waals surface area contributed by atoms with Crippen LogP contribution in [-0.4, -0.2) is 54.7 Å². The summed E-state index contributed by atoms with van der Waals surface area (Å²) in [5.41, 5.74) is 4.62. The summed E-state index contributed by atoms with van der Waals surface area (Å²) >= 11 is 6.18. The molecule has 6 rings (SSSR count). The number of aromatic nitrogens is 7. The lowest BCUT2D eigenvalue weighted by Gasteiger charge is -2.26. The van der Waals surface area contributed by atoms with E-state index < -0.39 is 6.04 Å². The topological polar surface area (TPSA) is 123 Å². The van der Waals surface area contributed by atoms with E-state index in [4.69, 9.17) is 21.1 Å². The summed E-state index contributed by atoms with van der Waals surface area (Å²) in [5, 5.41) is 9.02. The Morgan fingerprint density at radius 3 is 2.57 bits per heavy atom. The van der Waals surface area contributed by atoms with Crippen LogP contribution in [-0.2, 0) is 0 Å². The summed E-state index contributed by atoms with van der Waals surface area (Å²) in [7, 11) is 2.97. The van der Waals surface area contributed by atoms with Gasteiger partial charge in [-0.2, -0.15) is 4.98 Å². The van der Waals surface area contributed by atoms with Gasteiger partial charge in [0.1, 0.15) is 17.7 Å². The Morgan fingerprint density at radius 2 is 1.84 bits per heavy atom. The molecule has 5 heterocycles. The largest absolute Gasteiger partial charge is 0.480 e. The van der Waals surface area contributed by atoms with E-state index in [1.54, 1.807) is 23.2 Å². The van der Waals surface area contributed by atoms with Crippen molar-refractivity contribution in [3.8, 4) is 23.3 Å². The molecule has 0 aliphatic carbocycles. The van der Waals surface area contributed by atoms with E-state index in [-0.39, 0.29) is 17.8 Å². The fourth-order valence-corrected chi connectivity index (χ4v) is 4.74. The zero-order valence-corrected chi connectivity index (χ0v) is 21.1. The Balaban J connectivity index is 1.52. The average molecular weight is 517 g/mol. The van der Waals surface area contributed by atoms with Gasteiger partial charge in [-0.05, 0) is 43.2 Å². The first-order chi connectivity index (χ1) is 17.9. The number of nitrogens with one attached hydrogen (secondary N) is 1. The number of carbonyl (C=O) groups excluding carboxylic acids is 1. The van der Waals surface area contributed by atoms with Crippen molar-refractivity contribution in [3.05, 3.63) is 76.1 Å². The number of rotatable bonds is 5. The van der Waals surface area contributed by atoms with Crippen molar-refractivity contribution in [3.63, 3.8) is 0 Å². The van der Waals surface area contributed by atoms with Crippen molar-refractivity contribution in [2.75, 3.05) is 19.1 Å². The second-order valence-electron chi connectivity index (χ2n) is 8.58. The number of methoxy groups -OCH3 is 2. The van der Waals surface area contributed by atoms with Crippen LogP contribution >= 0.6 is 11.6 Å². The van der Waals surface area contributed by atoms with Crippen molar-refractivity contribution in [2.45, 2.75) is 19.9 Å². The molecule has 1 unspecified atom stereocenters. The molecule has 0 fully saturated rings. The number of aryl methyl sites for hydroxylation is 2. The number of anilines is 1. The van der Waals surface area contributed by atoms with Crippen LogP contribution in [0.1, 0.15) is 39.2 Å².